The van der Waals surface area contributed by atoms with Gasteiger partial charge in [-0.1, -0.05) is 30.3 Å². The lowest BCUT2D eigenvalue weighted by molar-refractivity contribution is 0.0327. The molecule has 160 valence electrons. The molecule has 8 heteroatoms. The predicted octanol–water partition coefficient (Wildman–Crippen LogP) is 1.69. The first kappa shape index (κ1) is 19.9. The first-order valence-corrected chi connectivity index (χ1v) is 10.7. The van der Waals surface area contributed by atoms with Gasteiger partial charge < -0.3 is 15.9 Å². The Hall–Kier alpha value is -3.07. The fraction of sp³-hybridized carbons (Fsp3) is 0.348. The second-order valence-electron chi connectivity index (χ2n) is 7.93. The maximum absolute atomic E-state index is 5.96. The summed E-state index contributed by atoms with van der Waals surface area (Å²) in [5.41, 5.74) is 15.0. The van der Waals surface area contributed by atoms with Crippen LogP contribution in [0.15, 0.2) is 48.7 Å². The second kappa shape index (κ2) is 8.97. The molecule has 3 N–H and O–H groups in total. The van der Waals surface area contributed by atoms with E-state index < -0.39 is 0 Å². The summed E-state index contributed by atoms with van der Waals surface area (Å²) in [5.74, 6) is 0.281. The van der Waals surface area contributed by atoms with Gasteiger partial charge >= 0.3 is 0 Å². The number of nitrogen functional groups attached to an aromatic ring is 1. The molecule has 0 saturated carbocycles. The van der Waals surface area contributed by atoms with Gasteiger partial charge in [0.2, 0.25) is 5.95 Å². The summed E-state index contributed by atoms with van der Waals surface area (Å²) >= 11 is 0. The van der Waals surface area contributed by atoms with Crippen molar-refractivity contribution in [1.82, 2.24) is 30.3 Å². The monoisotopic (exact) mass is 417 g/mol. The number of hydrogen-bond acceptors (Lipinski definition) is 8. The van der Waals surface area contributed by atoms with Gasteiger partial charge in [-0.15, -0.1) is 0 Å². The SMILES string of the molecule is Nc1nc(Cc2ccccc2)c2nc(C3=CNN(CCN4CCOCC4)C3)ccc2n1. The normalized spacial score (nSPS) is 17.6. The number of pyridine rings is 1. The van der Waals surface area contributed by atoms with Crippen molar-refractivity contribution in [2.45, 2.75) is 6.42 Å². The third-order valence-corrected chi connectivity index (χ3v) is 5.75. The number of hydrogen-bond donors (Lipinski definition) is 2. The van der Waals surface area contributed by atoms with Crippen LogP contribution >= 0.6 is 0 Å². The number of nitrogens with zero attached hydrogens (tertiary/aromatic N) is 5. The van der Waals surface area contributed by atoms with Crippen LogP contribution in [0.4, 0.5) is 5.95 Å². The lowest BCUT2D eigenvalue weighted by atomic mass is 10.1. The molecule has 0 spiro atoms. The number of nitrogens with two attached hydrogens (primary N) is 1. The van der Waals surface area contributed by atoms with E-state index in [1.165, 1.54) is 5.56 Å². The molecule has 0 bridgehead atoms. The first-order chi connectivity index (χ1) is 15.2. The molecule has 5 rings (SSSR count). The number of nitrogens with one attached hydrogen (secondary N) is 1. The first-order valence-electron chi connectivity index (χ1n) is 10.7. The summed E-state index contributed by atoms with van der Waals surface area (Å²) in [6.45, 7) is 6.46. The van der Waals surface area contributed by atoms with Crippen LogP contribution in [0.3, 0.4) is 0 Å². The Balaban J connectivity index is 1.32. The summed E-state index contributed by atoms with van der Waals surface area (Å²) in [6.07, 6.45) is 2.71. The Kier molecular flexibility index (Phi) is 5.75. The number of hydrazine groups is 1. The van der Waals surface area contributed by atoms with Gasteiger partial charge in [0.1, 0.15) is 5.52 Å². The van der Waals surface area contributed by atoms with Gasteiger partial charge in [-0.05, 0) is 17.7 Å². The van der Waals surface area contributed by atoms with E-state index in [1.54, 1.807) is 0 Å². The summed E-state index contributed by atoms with van der Waals surface area (Å²) in [5, 5.41) is 2.22. The zero-order chi connectivity index (χ0) is 21.0. The lowest BCUT2D eigenvalue weighted by Gasteiger charge is -2.28. The highest BCUT2D eigenvalue weighted by Gasteiger charge is 2.19. The van der Waals surface area contributed by atoms with E-state index in [9.17, 15) is 0 Å². The molecule has 31 heavy (non-hydrogen) atoms. The highest BCUT2D eigenvalue weighted by Crippen LogP contribution is 2.23. The minimum absolute atomic E-state index is 0.281. The summed E-state index contributed by atoms with van der Waals surface area (Å²) in [4.78, 5) is 16.3. The van der Waals surface area contributed by atoms with E-state index in [0.717, 1.165) is 73.9 Å². The third kappa shape index (κ3) is 4.66. The summed E-state index contributed by atoms with van der Waals surface area (Å²) in [6, 6.07) is 14.2. The molecule has 2 aromatic heterocycles. The molecule has 2 aliphatic heterocycles. The molecular weight excluding hydrogens is 390 g/mol. The van der Waals surface area contributed by atoms with Crippen molar-refractivity contribution in [2.24, 2.45) is 0 Å². The van der Waals surface area contributed by atoms with Crippen molar-refractivity contribution in [3.05, 3.63) is 65.6 Å². The summed E-state index contributed by atoms with van der Waals surface area (Å²) < 4.78 is 5.43. The van der Waals surface area contributed by atoms with Crippen LogP contribution in [0.25, 0.3) is 16.6 Å². The van der Waals surface area contributed by atoms with Gasteiger partial charge in [-0.25, -0.2) is 20.0 Å². The largest absolute Gasteiger partial charge is 0.379 e. The second-order valence-corrected chi connectivity index (χ2v) is 7.93. The smallest absolute Gasteiger partial charge is 0.220 e. The molecule has 0 radical (unpaired) electrons. The van der Waals surface area contributed by atoms with E-state index in [0.29, 0.717) is 6.42 Å². The molecule has 1 aromatic carbocycles. The fourth-order valence-corrected chi connectivity index (χ4v) is 4.04. The number of morpholine rings is 1. The molecule has 3 aromatic rings. The standard InChI is InChI=1S/C23H27N7O/c24-23-27-20-7-6-19(26-22(20)21(28-23)14-17-4-2-1-3-5-17)18-15-25-30(16-18)9-8-29-10-12-31-13-11-29/h1-7,15,25H,8-14,16H2,(H2,24,27,28). The number of fused-ring (bicyclic) bond motifs is 1. The van der Waals surface area contributed by atoms with Crippen LogP contribution in [-0.2, 0) is 11.2 Å². The van der Waals surface area contributed by atoms with Crippen LogP contribution in [0.2, 0.25) is 0 Å². The molecule has 0 atom stereocenters. The van der Waals surface area contributed by atoms with Gasteiger partial charge in [-0.3, -0.25) is 4.90 Å². The van der Waals surface area contributed by atoms with Crippen molar-refractivity contribution < 1.29 is 4.74 Å². The van der Waals surface area contributed by atoms with E-state index >= 15 is 0 Å². The van der Waals surface area contributed by atoms with E-state index in [-0.39, 0.29) is 5.95 Å². The van der Waals surface area contributed by atoms with Crippen LogP contribution in [0.1, 0.15) is 17.0 Å². The number of rotatable bonds is 6. The van der Waals surface area contributed by atoms with Crippen molar-refractivity contribution >= 4 is 22.6 Å². The fourth-order valence-electron chi connectivity index (χ4n) is 4.04. The van der Waals surface area contributed by atoms with Crippen LogP contribution in [0.5, 0.6) is 0 Å². The van der Waals surface area contributed by atoms with Crippen molar-refractivity contribution in [2.75, 3.05) is 51.7 Å². The quantitative estimate of drug-likeness (QED) is 0.626. The van der Waals surface area contributed by atoms with Gasteiger partial charge in [-0.2, -0.15) is 0 Å². The van der Waals surface area contributed by atoms with Crippen LogP contribution in [0, 0.1) is 0 Å². The maximum Gasteiger partial charge on any atom is 0.220 e. The molecule has 0 amide bonds. The minimum atomic E-state index is 0.281. The molecule has 0 aliphatic carbocycles. The minimum Gasteiger partial charge on any atom is -0.379 e. The van der Waals surface area contributed by atoms with Gasteiger partial charge in [0, 0.05) is 50.9 Å². The highest BCUT2D eigenvalue weighted by atomic mass is 16.5. The average molecular weight is 418 g/mol. The molecule has 1 saturated heterocycles. The molecule has 1 fully saturated rings. The Labute approximate surface area is 181 Å². The Morgan fingerprint density at radius 2 is 1.81 bits per heavy atom. The third-order valence-electron chi connectivity index (χ3n) is 5.75. The molecular formula is C23H27N7O. The van der Waals surface area contributed by atoms with Crippen LogP contribution < -0.4 is 11.2 Å². The van der Waals surface area contributed by atoms with E-state index in [2.05, 4.69) is 37.4 Å². The predicted molar refractivity (Wildman–Crippen MR) is 121 cm³/mol. The molecule has 8 nitrogen and oxygen atoms in total. The van der Waals surface area contributed by atoms with E-state index in [4.69, 9.17) is 15.5 Å². The zero-order valence-corrected chi connectivity index (χ0v) is 17.5. The zero-order valence-electron chi connectivity index (χ0n) is 17.5. The van der Waals surface area contributed by atoms with Crippen molar-refractivity contribution in [1.29, 1.82) is 0 Å². The topological polar surface area (TPSA) is 92.4 Å². The summed E-state index contributed by atoms with van der Waals surface area (Å²) in [7, 11) is 0. The number of benzene rings is 1. The Morgan fingerprint density at radius 1 is 0.968 bits per heavy atom. The Bertz CT molecular complexity index is 1080. The highest BCUT2D eigenvalue weighted by molar-refractivity contribution is 5.81. The number of aromatic nitrogens is 3. The molecule has 0 unspecified atom stereocenters. The van der Waals surface area contributed by atoms with Gasteiger partial charge in [0.25, 0.3) is 0 Å². The van der Waals surface area contributed by atoms with Crippen molar-refractivity contribution in [3.63, 3.8) is 0 Å². The lowest BCUT2D eigenvalue weighted by Crippen LogP contribution is -2.43. The van der Waals surface area contributed by atoms with Gasteiger partial charge in [0.05, 0.1) is 30.1 Å². The molecule has 2 aliphatic rings. The van der Waals surface area contributed by atoms with Crippen LogP contribution in [-0.4, -0.2) is 70.8 Å². The average Bonchev–Trinajstić information content (AvgIpc) is 3.28. The Morgan fingerprint density at radius 3 is 2.65 bits per heavy atom. The number of anilines is 1. The number of ether oxygens (including phenoxy) is 1. The molecule has 4 heterocycles. The van der Waals surface area contributed by atoms with E-state index in [1.807, 2.05) is 36.5 Å². The van der Waals surface area contributed by atoms with Gasteiger partial charge in [0.15, 0.2) is 0 Å². The van der Waals surface area contributed by atoms with Crippen molar-refractivity contribution in [3.8, 4) is 0 Å². The maximum atomic E-state index is 5.96.